The average Bonchev–Trinajstić information content (AvgIpc) is 2.63. The molecule has 1 N–H and O–H groups in total. The second kappa shape index (κ2) is 5.86. The first-order valence-corrected chi connectivity index (χ1v) is 4.54. The monoisotopic (exact) mass is 227 g/mol. The maximum absolute atomic E-state index is 10.9. The largest absolute Gasteiger partial charge is 0.480 e. The van der Waals surface area contributed by atoms with Gasteiger partial charge in [0.15, 0.2) is 6.04 Å². The van der Waals surface area contributed by atoms with Gasteiger partial charge in [-0.05, 0) is 0 Å². The zero-order valence-electron chi connectivity index (χ0n) is 9.03. The Hall–Kier alpha value is -1.89. The van der Waals surface area contributed by atoms with Crippen molar-refractivity contribution in [1.29, 1.82) is 0 Å². The number of aryl methyl sites for hydroxylation is 1. The third-order valence-corrected chi connectivity index (χ3v) is 1.98. The van der Waals surface area contributed by atoms with Crippen LogP contribution < -0.4 is 0 Å². The lowest BCUT2D eigenvalue weighted by Gasteiger charge is -2.07. The summed E-state index contributed by atoms with van der Waals surface area (Å²) in [5.41, 5.74) is 0.780. The smallest absolute Gasteiger partial charge is 0.328 e. The van der Waals surface area contributed by atoms with E-state index in [2.05, 4.69) is 19.8 Å². The van der Waals surface area contributed by atoms with Gasteiger partial charge in [-0.15, -0.1) is 0 Å². The van der Waals surface area contributed by atoms with Crippen molar-refractivity contribution < 1.29 is 19.7 Å². The van der Waals surface area contributed by atoms with Gasteiger partial charge in [-0.2, -0.15) is 4.89 Å². The minimum atomic E-state index is -1.03. The van der Waals surface area contributed by atoms with Crippen LogP contribution in [0, 0.1) is 0 Å². The number of carboxylic acids is 1. The summed E-state index contributed by atoms with van der Waals surface area (Å²) in [7, 11) is 3.10. The molecular weight excluding hydrogens is 214 g/mol. The molecular formula is C9H13N3O4. The number of hydrogen-bond donors (Lipinski definition) is 1. The number of carboxylic acid groups (broad SMARTS) is 1. The van der Waals surface area contributed by atoms with Crippen LogP contribution in [0.4, 0.5) is 0 Å². The van der Waals surface area contributed by atoms with Gasteiger partial charge in [0.05, 0.1) is 13.4 Å². The number of nitrogens with zero attached hydrogens (tertiary/aromatic N) is 3. The molecule has 0 aromatic carbocycles. The van der Waals surface area contributed by atoms with Gasteiger partial charge in [-0.25, -0.2) is 14.8 Å². The van der Waals surface area contributed by atoms with E-state index in [9.17, 15) is 4.79 Å². The van der Waals surface area contributed by atoms with Crippen molar-refractivity contribution in [2.45, 2.75) is 12.5 Å². The summed E-state index contributed by atoms with van der Waals surface area (Å²) in [5, 5.41) is 8.92. The molecule has 0 aliphatic rings. The van der Waals surface area contributed by atoms with Crippen molar-refractivity contribution in [2.75, 3.05) is 7.11 Å². The van der Waals surface area contributed by atoms with E-state index in [1.54, 1.807) is 24.1 Å². The molecule has 0 radical (unpaired) electrons. The second-order valence-electron chi connectivity index (χ2n) is 3.07. The van der Waals surface area contributed by atoms with Crippen LogP contribution in [0.1, 0.15) is 5.69 Å². The van der Waals surface area contributed by atoms with Gasteiger partial charge in [-0.1, -0.05) is 0 Å². The number of aliphatic imine (C=N–C) groups is 1. The first-order valence-electron chi connectivity index (χ1n) is 4.54. The van der Waals surface area contributed by atoms with Crippen LogP contribution in [0.2, 0.25) is 0 Å². The molecule has 7 nitrogen and oxygen atoms in total. The molecule has 0 spiro atoms. The Morgan fingerprint density at radius 3 is 3.06 bits per heavy atom. The lowest BCUT2D eigenvalue weighted by molar-refractivity contribution is -0.188. The molecule has 88 valence electrons. The molecule has 1 aromatic heterocycles. The van der Waals surface area contributed by atoms with E-state index in [0.29, 0.717) is 0 Å². The third kappa shape index (κ3) is 3.35. The standard InChI is InChI=1S/C9H13N3O4/c1-12-5-10-4-7(12)3-8(9(13)14)11-6-16-15-2/h4-6,8H,3H2,1-2H3,(H,13,14)/t8-/m0/s1. The minimum absolute atomic E-state index is 0.245. The van der Waals surface area contributed by atoms with Crippen molar-refractivity contribution in [3.63, 3.8) is 0 Å². The summed E-state index contributed by atoms with van der Waals surface area (Å²) in [6.07, 6.45) is 4.41. The van der Waals surface area contributed by atoms with Crippen LogP contribution in [0.5, 0.6) is 0 Å². The maximum Gasteiger partial charge on any atom is 0.328 e. The topological polar surface area (TPSA) is 85.9 Å². The van der Waals surface area contributed by atoms with Gasteiger partial charge in [0, 0.05) is 25.4 Å². The molecule has 0 aliphatic heterocycles. The number of rotatable bonds is 6. The predicted octanol–water partition coefficient (Wildman–Crippen LogP) is 0.0221. The van der Waals surface area contributed by atoms with Crippen LogP contribution >= 0.6 is 0 Å². The molecule has 0 fully saturated rings. The second-order valence-corrected chi connectivity index (χ2v) is 3.07. The highest BCUT2D eigenvalue weighted by Crippen LogP contribution is 2.04. The van der Waals surface area contributed by atoms with Crippen LogP contribution in [0.25, 0.3) is 0 Å². The van der Waals surface area contributed by atoms with E-state index < -0.39 is 12.0 Å². The Morgan fingerprint density at radius 2 is 2.56 bits per heavy atom. The van der Waals surface area contributed by atoms with Crippen molar-refractivity contribution >= 4 is 12.4 Å². The molecule has 1 rings (SSSR count). The van der Waals surface area contributed by atoms with Crippen LogP contribution in [-0.2, 0) is 28.0 Å². The van der Waals surface area contributed by atoms with E-state index in [-0.39, 0.29) is 6.42 Å². The zero-order valence-corrected chi connectivity index (χ0v) is 9.03. The summed E-state index contributed by atoms with van der Waals surface area (Å²) in [5.74, 6) is -1.03. The molecule has 7 heteroatoms. The summed E-state index contributed by atoms with van der Waals surface area (Å²) in [4.78, 5) is 27.2. The molecule has 0 bridgehead atoms. The van der Waals surface area contributed by atoms with Crippen LogP contribution in [0.15, 0.2) is 17.5 Å². The number of carbonyl (C=O) groups is 1. The van der Waals surface area contributed by atoms with Crippen molar-refractivity contribution in [1.82, 2.24) is 9.55 Å². The first kappa shape index (κ1) is 12.2. The van der Waals surface area contributed by atoms with Gasteiger partial charge < -0.3 is 14.6 Å². The fourth-order valence-corrected chi connectivity index (χ4v) is 1.12. The Bertz CT molecular complexity index is 375. The molecule has 0 saturated heterocycles. The van der Waals surface area contributed by atoms with Crippen LogP contribution in [0.3, 0.4) is 0 Å². The average molecular weight is 227 g/mol. The van der Waals surface area contributed by atoms with Crippen molar-refractivity contribution in [3.05, 3.63) is 18.2 Å². The molecule has 1 aromatic rings. The highest BCUT2D eigenvalue weighted by atomic mass is 17.2. The normalized spacial score (nSPS) is 12.9. The molecule has 0 saturated carbocycles. The zero-order chi connectivity index (χ0) is 12.0. The van der Waals surface area contributed by atoms with Crippen LogP contribution in [-0.4, -0.2) is 40.2 Å². The first-order chi connectivity index (χ1) is 7.65. The molecule has 1 atom stereocenters. The number of aliphatic carboxylic acids is 1. The predicted molar refractivity (Wildman–Crippen MR) is 54.9 cm³/mol. The maximum atomic E-state index is 10.9. The quantitative estimate of drug-likeness (QED) is 0.320. The van der Waals surface area contributed by atoms with E-state index in [1.165, 1.54) is 7.11 Å². The Kier molecular flexibility index (Phi) is 4.46. The summed E-state index contributed by atoms with van der Waals surface area (Å²) >= 11 is 0. The van der Waals surface area contributed by atoms with Crippen molar-refractivity contribution in [2.24, 2.45) is 12.0 Å². The summed E-state index contributed by atoms with van der Waals surface area (Å²) in [6.45, 7) is 0. The number of imidazole rings is 1. The van der Waals surface area contributed by atoms with Gasteiger partial charge >= 0.3 is 5.97 Å². The van der Waals surface area contributed by atoms with Gasteiger partial charge in [0.25, 0.3) is 0 Å². The minimum Gasteiger partial charge on any atom is -0.480 e. The van der Waals surface area contributed by atoms with E-state index in [4.69, 9.17) is 5.11 Å². The number of aromatic nitrogens is 2. The van der Waals surface area contributed by atoms with E-state index in [0.717, 1.165) is 12.1 Å². The Morgan fingerprint density at radius 1 is 1.81 bits per heavy atom. The molecule has 1 heterocycles. The highest BCUT2D eigenvalue weighted by Gasteiger charge is 2.17. The van der Waals surface area contributed by atoms with Gasteiger partial charge in [0.1, 0.15) is 0 Å². The summed E-state index contributed by atoms with van der Waals surface area (Å²) in [6, 6.07) is -0.912. The fraction of sp³-hybridized carbons (Fsp3) is 0.444. The molecule has 0 aliphatic carbocycles. The molecule has 16 heavy (non-hydrogen) atoms. The SMILES string of the molecule is COOC=N[C@@H](Cc1cncn1C)C(=O)O. The van der Waals surface area contributed by atoms with Gasteiger partial charge in [0.2, 0.25) is 6.40 Å². The Labute approximate surface area is 92.3 Å². The lowest BCUT2D eigenvalue weighted by Crippen LogP contribution is -2.22. The third-order valence-electron chi connectivity index (χ3n) is 1.98. The molecule has 0 amide bonds. The number of hydrogen-bond acceptors (Lipinski definition) is 5. The molecule has 0 unspecified atom stereocenters. The fourth-order valence-electron chi connectivity index (χ4n) is 1.12. The lowest BCUT2D eigenvalue weighted by atomic mass is 10.2. The highest BCUT2D eigenvalue weighted by molar-refractivity contribution is 5.75. The van der Waals surface area contributed by atoms with Gasteiger partial charge in [-0.3, -0.25) is 0 Å². The summed E-state index contributed by atoms with van der Waals surface area (Å²) < 4.78 is 1.74. The Balaban J connectivity index is 2.65. The van der Waals surface area contributed by atoms with Crippen molar-refractivity contribution in [3.8, 4) is 0 Å². The van der Waals surface area contributed by atoms with E-state index in [1.807, 2.05) is 0 Å². The van der Waals surface area contributed by atoms with E-state index >= 15 is 0 Å².